The molecule has 4 heteroatoms. The van der Waals surface area contributed by atoms with Crippen LogP contribution in [0.15, 0.2) is 27.8 Å². The van der Waals surface area contributed by atoms with E-state index >= 15 is 0 Å². The van der Waals surface area contributed by atoms with Crippen molar-refractivity contribution in [3.63, 3.8) is 0 Å². The van der Waals surface area contributed by atoms with Gasteiger partial charge in [-0.05, 0) is 35.0 Å². The summed E-state index contributed by atoms with van der Waals surface area (Å²) in [5.41, 5.74) is 0. The number of halogens is 1. The lowest BCUT2D eigenvalue weighted by molar-refractivity contribution is 0.900. The van der Waals surface area contributed by atoms with Crippen molar-refractivity contribution in [2.45, 2.75) is 13.0 Å². The largest absolute Gasteiger partial charge is 0.353 e. The fourth-order valence-electron chi connectivity index (χ4n) is 1.22. The molecule has 0 saturated carbocycles. The van der Waals surface area contributed by atoms with Crippen LogP contribution < -0.4 is 5.32 Å². The number of nitrogens with one attached hydrogen (secondary N) is 1. The summed E-state index contributed by atoms with van der Waals surface area (Å²) in [5.74, 6) is 0. The standard InChI is InChI=1S/C9H9BrN2S/c1-6-4-7(10)9(13-6)8-2-3-11-5-12-8/h2-5,8H,1H3,(H,11,12). The molecule has 2 rings (SSSR count). The predicted molar refractivity (Wildman–Crippen MR) is 60.3 cm³/mol. The lowest BCUT2D eigenvalue weighted by atomic mass is 10.2. The normalized spacial score (nSPS) is 20.3. The molecule has 0 fully saturated rings. The Bertz CT molecular complexity index is 356. The van der Waals surface area contributed by atoms with Gasteiger partial charge in [0.2, 0.25) is 0 Å². The topological polar surface area (TPSA) is 24.4 Å². The van der Waals surface area contributed by atoms with Crippen LogP contribution in [0.4, 0.5) is 0 Å². The summed E-state index contributed by atoms with van der Waals surface area (Å²) in [5, 5.41) is 2.93. The van der Waals surface area contributed by atoms with Gasteiger partial charge in [-0.2, -0.15) is 0 Å². The first-order valence-corrected chi connectivity index (χ1v) is 5.58. The minimum absolute atomic E-state index is 0.175. The van der Waals surface area contributed by atoms with E-state index in [2.05, 4.69) is 45.3 Å². The van der Waals surface area contributed by atoms with Crippen LogP contribution in [0.1, 0.15) is 15.8 Å². The average molecular weight is 257 g/mol. The molecule has 0 aliphatic carbocycles. The highest BCUT2D eigenvalue weighted by Crippen LogP contribution is 2.34. The summed E-state index contributed by atoms with van der Waals surface area (Å²) in [7, 11) is 0. The van der Waals surface area contributed by atoms with E-state index in [1.165, 1.54) is 9.75 Å². The SMILES string of the molecule is Cc1cc(Br)c(C2C=CNC=N2)s1. The molecular weight excluding hydrogens is 248 g/mol. The zero-order chi connectivity index (χ0) is 9.26. The summed E-state index contributed by atoms with van der Waals surface area (Å²) >= 11 is 5.32. The number of aryl methyl sites for hydroxylation is 1. The summed E-state index contributed by atoms with van der Waals surface area (Å²) < 4.78 is 1.16. The minimum atomic E-state index is 0.175. The highest BCUT2D eigenvalue weighted by molar-refractivity contribution is 9.10. The molecule has 68 valence electrons. The Hall–Kier alpha value is -0.610. The van der Waals surface area contributed by atoms with Gasteiger partial charge >= 0.3 is 0 Å². The summed E-state index contributed by atoms with van der Waals surface area (Å²) in [6, 6.07) is 2.31. The van der Waals surface area contributed by atoms with Gasteiger partial charge in [0, 0.05) is 20.4 Å². The van der Waals surface area contributed by atoms with Gasteiger partial charge in [-0.1, -0.05) is 0 Å². The monoisotopic (exact) mass is 256 g/mol. The third-order valence-electron chi connectivity index (χ3n) is 1.79. The molecular formula is C9H9BrN2S. The highest BCUT2D eigenvalue weighted by Gasteiger charge is 2.13. The quantitative estimate of drug-likeness (QED) is 0.821. The van der Waals surface area contributed by atoms with E-state index in [-0.39, 0.29) is 6.04 Å². The molecule has 1 aromatic rings. The van der Waals surface area contributed by atoms with E-state index in [0.29, 0.717) is 0 Å². The van der Waals surface area contributed by atoms with Crippen molar-refractivity contribution in [1.82, 2.24) is 5.32 Å². The van der Waals surface area contributed by atoms with Crippen LogP contribution in [0.2, 0.25) is 0 Å². The molecule has 1 aliphatic heterocycles. The van der Waals surface area contributed by atoms with Crippen LogP contribution in [0, 0.1) is 6.92 Å². The maximum atomic E-state index is 4.33. The van der Waals surface area contributed by atoms with Crippen LogP contribution in [-0.2, 0) is 0 Å². The van der Waals surface area contributed by atoms with Gasteiger partial charge in [0.1, 0.15) is 6.04 Å². The zero-order valence-electron chi connectivity index (χ0n) is 7.12. The molecule has 1 atom stereocenters. The second-order valence-corrected chi connectivity index (χ2v) is 4.96. The third kappa shape index (κ3) is 1.84. The number of rotatable bonds is 1. The molecule has 0 amide bonds. The van der Waals surface area contributed by atoms with Crippen molar-refractivity contribution in [3.05, 3.63) is 32.6 Å². The average Bonchev–Trinajstić information content (AvgIpc) is 2.47. The van der Waals surface area contributed by atoms with E-state index in [1.54, 1.807) is 17.7 Å². The molecule has 0 aromatic carbocycles. The molecule has 1 unspecified atom stereocenters. The first-order valence-electron chi connectivity index (χ1n) is 3.97. The van der Waals surface area contributed by atoms with Crippen molar-refractivity contribution in [2.24, 2.45) is 4.99 Å². The van der Waals surface area contributed by atoms with E-state index in [0.717, 1.165) is 4.47 Å². The van der Waals surface area contributed by atoms with Gasteiger partial charge in [-0.3, -0.25) is 4.99 Å². The molecule has 0 saturated heterocycles. The molecule has 1 aromatic heterocycles. The Balaban J connectivity index is 2.33. The van der Waals surface area contributed by atoms with Crippen LogP contribution in [-0.4, -0.2) is 6.34 Å². The van der Waals surface area contributed by atoms with Crippen molar-refractivity contribution < 1.29 is 0 Å². The molecule has 2 heterocycles. The van der Waals surface area contributed by atoms with Gasteiger partial charge in [-0.15, -0.1) is 11.3 Å². The molecule has 0 spiro atoms. The smallest absolute Gasteiger partial charge is 0.107 e. The Morgan fingerprint density at radius 2 is 2.46 bits per heavy atom. The minimum Gasteiger partial charge on any atom is -0.353 e. The molecule has 0 bridgehead atoms. The number of hydrogen-bond donors (Lipinski definition) is 1. The van der Waals surface area contributed by atoms with Gasteiger partial charge in [0.05, 0.1) is 6.34 Å². The van der Waals surface area contributed by atoms with Crippen molar-refractivity contribution >= 4 is 33.6 Å². The fourth-order valence-corrected chi connectivity index (χ4v) is 3.13. The van der Waals surface area contributed by atoms with Crippen LogP contribution >= 0.6 is 27.3 Å². The Labute approximate surface area is 89.5 Å². The molecule has 0 radical (unpaired) electrons. The van der Waals surface area contributed by atoms with Crippen LogP contribution in [0.3, 0.4) is 0 Å². The number of nitrogens with zero attached hydrogens (tertiary/aromatic N) is 1. The fraction of sp³-hybridized carbons (Fsp3) is 0.222. The maximum Gasteiger partial charge on any atom is 0.107 e. The Morgan fingerprint density at radius 1 is 1.62 bits per heavy atom. The lowest BCUT2D eigenvalue weighted by Crippen LogP contribution is -2.07. The van der Waals surface area contributed by atoms with Gasteiger partial charge in [0.15, 0.2) is 0 Å². The van der Waals surface area contributed by atoms with Crippen molar-refractivity contribution in [3.8, 4) is 0 Å². The van der Waals surface area contributed by atoms with Crippen molar-refractivity contribution in [2.75, 3.05) is 0 Å². The predicted octanol–water partition coefficient (Wildman–Crippen LogP) is 3.01. The van der Waals surface area contributed by atoms with Gasteiger partial charge in [0.25, 0.3) is 0 Å². The van der Waals surface area contributed by atoms with Crippen LogP contribution in [0.5, 0.6) is 0 Å². The molecule has 1 N–H and O–H groups in total. The van der Waals surface area contributed by atoms with Crippen LogP contribution in [0.25, 0.3) is 0 Å². The summed E-state index contributed by atoms with van der Waals surface area (Å²) in [4.78, 5) is 6.91. The zero-order valence-corrected chi connectivity index (χ0v) is 9.52. The summed E-state index contributed by atoms with van der Waals surface area (Å²) in [6.45, 7) is 2.10. The number of thiophene rings is 1. The van der Waals surface area contributed by atoms with E-state index in [9.17, 15) is 0 Å². The Morgan fingerprint density at radius 3 is 3.00 bits per heavy atom. The second-order valence-electron chi connectivity index (χ2n) is 2.82. The first-order chi connectivity index (χ1) is 6.27. The maximum absolute atomic E-state index is 4.33. The molecule has 1 aliphatic rings. The van der Waals surface area contributed by atoms with Crippen molar-refractivity contribution in [1.29, 1.82) is 0 Å². The molecule has 2 nitrogen and oxygen atoms in total. The van der Waals surface area contributed by atoms with E-state index in [1.807, 2.05) is 6.20 Å². The molecule has 13 heavy (non-hydrogen) atoms. The Kier molecular flexibility index (Phi) is 2.51. The van der Waals surface area contributed by atoms with Gasteiger partial charge in [-0.25, -0.2) is 0 Å². The number of hydrogen-bond acceptors (Lipinski definition) is 3. The first kappa shape index (κ1) is 8.97. The van der Waals surface area contributed by atoms with Gasteiger partial charge < -0.3 is 5.32 Å². The summed E-state index contributed by atoms with van der Waals surface area (Å²) in [6.07, 6.45) is 5.70. The second kappa shape index (κ2) is 3.64. The van der Waals surface area contributed by atoms with E-state index < -0.39 is 0 Å². The lowest BCUT2D eigenvalue weighted by Gasteiger charge is -2.09. The van der Waals surface area contributed by atoms with E-state index in [4.69, 9.17) is 0 Å². The third-order valence-corrected chi connectivity index (χ3v) is 3.83. The highest BCUT2D eigenvalue weighted by atomic mass is 79.9. The number of aliphatic imine (C=N–C) groups is 1.